The molecule has 5 nitrogen and oxygen atoms in total. The van der Waals surface area contributed by atoms with Gasteiger partial charge in [-0.3, -0.25) is 4.79 Å². The Morgan fingerprint density at radius 1 is 1.25 bits per heavy atom. The van der Waals surface area contributed by atoms with Gasteiger partial charge in [-0.15, -0.1) is 10.2 Å². The standard InChI is InChI=1S/C11H11N3O2/c1-11(2,10(15)16)9-7-5-3-4-6-8(7)12-14-13-9/h3-6H,1-2H3,(H,15,16). The molecule has 5 heteroatoms. The molecule has 82 valence electrons. The van der Waals surface area contributed by atoms with Crippen LogP contribution in [0.1, 0.15) is 19.5 Å². The predicted octanol–water partition coefficient (Wildman–Crippen LogP) is 1.39. The summed E-state index contributed by atoms with van der Waals surface area (Å²) in [5.41, 5.74) is 0.0163. The van der Waals surface area contributed by atoms with E-state index in [1.54, 1.807) is 26.0 Å². The van der Waals surface area contributed by atoms with Crippen LogP contribution >= 0.6 is 0 Å². The largest absolute Gasteiger partial charge is 0.481 e. The lowest BCUT2D eigenvalue weighted by atomic mass is 9.87. The van der Waals surface area contributed by atoms with E-state index >= 15 is 0 Å². The van der Waals surface area contributed by atoms with E-state index in [9.17, 15) is 4.79 Å². The monoisotopic (exact) mass is 217 g/mol. The fourth-order valence-electron chi connectivity index (χ4n) is 1.49. The summed E-state index contributed by atoms with van der Waals surface area (Å²) in [6, 6.07) is 7.24. The SMILES string of the molecule is CC(C)(C(=O)O)c1nnnc2ccccc12. The highest BCUT2D eigenvalue weighted by Gasteiger charge is 2.33. The molecule has 2 rings (SSSR count). The number of aliphatic carboxylic acids is 1. The van der Waals surface area contributed by atoms with Gasteiger partial charge in [0, 0.05) is 5.39 Å². The van der Waals surface area contributed by atoms with Gasteiger partial charge in [0.1, 0.15) is 5.41 Å². The van der Waals surface area contributed by atoms with Crippen LogP contribution in [0.3, 0.4) is 0 Å². The number of carboxylic acids is 1. The third kappa shape index (κ3) is 1.50. The maximum absolute atomic E-state index is 11.2. The fourth-order valence-corrected chi connectivity index (χ4v) is 1.49. The molecule has 1 aromatic heterocycles. The fraction of sp³-hybridized carbons (Fsp3) is 0.273. The Kier molecular flexibility index (Phi) is 2.30. The van der Waals surface area contributed by atoms with Crippen molar-refractivity contribution in [2.75, 3.05) is 0 Å². The Morgan fingerprint density at radius 2 is 1.94 bits per heavy atom. The summed E-state index contributed by atoms with van der Waals surface area (Å²) in [4.78, 5) is 11.2. The van der Waals surface area contributed by atoms with E-state index in [0.717, 1.165) is 5.39 Å². The zero-order chi connectivity index (χ0) is 11.8. The van der Waals surface area contributed by atoms with E-state index in [-0.39, 0.29) is 0 Å². The molecule has 0 radical (unpaired) electrons. The lowest BCUT2D eigenvalue weighted by Crippen LogP contribution is -2.30. The summed E-state index contributed by atoms with van der Waals surface area (Å²) in [7, 11) is 0. The number of benzene rings is 1. The molecule has 0 amide bonds. The first-order valence-corrected chi connectivity index (χ1v) is 4.85. The van der Waals surface area contributed by atoms with Gasteiger partial charge in [0.2, 0.25) is 0 Å². The molecule has 0 saturated carbocycles. The zero-order valence-corrected chi connectivity index (χ0v) is 9.01. The molecule has 1 aromatic carbocycles. The molecule has 0 bridgehead atoms. The molecule has 0 fully saturated rings. The molecule has 2 aromatic rings. The lowest BCUT2D eigenvalue weighted by Gasteiger charge is -2.18. The van der Waals surface area contributed by atoms with Gasteiger partial charge in [-0.25, -0.2) is 0 Å². The second kappa shape index (κ2) is 3.52. The molecular formula is C11H11N3O2. The third-order valence-electron chi connectivity index (χ3n) is 2.58. The summed E-state index contributed by atoms with van der Waals surface area (Å²) in [5, 5.41) is 21.2. The predicted molar refractivity (Wildman–Crippen MR) is 58.0 cm³/mol. The quantitative estimate of drug-likeness (QED) is 0.822. The number of rotatable bonds is 2. The van der Waals surface area contributed by atoms with Gasteiger partial charge in [0.25, 0.3) is 0 Å². The van der Waals surface area contributed by atoms with E-state index in [1.807, 2.05) is 12.1 Å². The average molecular weight is 217 g/mol. The Hall–Kier alpha value is -2.04. The van der Waals surface area contributed by atoms with Crippen molar-refractivity contribution >= 4 is 16.9 Å². The van der Waals surface area contributed by atoms with Crippen molar-refractivity contribution in [3.63, 3.8) is 0 Å². The minimum Gasteiger partial charge on any atom is -0.481 e. The van der Waals surface area contributed by atoms with Crippen molar-refractivity contribution in [1.29, 1.82) is 0 Å². The van der Waals surface area contributed by atoms with Crippen molar-refractivity contribution in [1.82, 2.24) is 15.4 Å². The van der Waals surface area contributed by atoms with Crippen molar-refractivity contribution in [2.24, 2.45) is 0 Å². The molecule has 0 aliphatic carbocycles. The summed E-state index contributed by atoms with van der Waals surface area (Å²) >= 11 is 0. The second-order valence-corrected chi connectivity index (χ2v) is 4.09. The molecule has 1 N–H and O–H groups in total. The Morgan fingerprint density at radius 3 is 2.62 bits per heavy atom. The lowest BCUT2D eigenvalue weighted by molar-refractivity contribution is -0.142. The molecule has 0 saturated heterocycles. The van der Waals surface area contributed by atoms with Crippen LogP contribution < -0.4 is 0 Å². The average Bonchev–Trinajstić information content (AvgIpc) is 2.28. The zero-order valence-electron chi connectivity index (χ0n) is 9.01. The summed E-state index contributed by atoms with van der Waals surface area (Å²) in [5.74, 6) is -0.932. The van der Waals surface area contributed by atoms with Gasteiger partial charge in [-0.1, -0.05) is 18.2 Å². The van der Waals surface area contributed by atoms with Crippen LogP contribution in [0.2, 0.25) is 0 Å². The van der Waals surface area contributed by atoms with Gasteiger partial charge in [0.05, 0.1) is 11.2 Å². The maximum atomic E-state index is 11.2. The Bertz CT molecular complexity index is 546. The second-order valence-electron chi connectivity index (χ2n) is 4.09. The van der Waals surface area contributed by atoms with Crippen LogP contribution in [0, 0.1) is 0 Å². The van der Waals surface area contributed by atoms with Gasteiger partial charge in [0.15, 0.2) is 0 Å². The first-order valence-electron chi connectivity index (χ1n) is 4.85. The van der Waals surface area contributed by atoms with E-state index in [4.69, 9.17) is 5.11 Å². The summed E-state index contributed by atoms with van der Waals surface area (Å²) < 4.78 is 0. The van der Waals surface area contributed by atoms with Crippen molar-refractivity contribution in [3.05, 3.63) is 30.0 Å². The first kappa shape index (κ1) is 10.5. The number of nitrogens with zero attached hydrogens (tertiary/aromatic N) is 3. The number of carboxylic acid groups (broad SMARTS) is 1. The smallest absolute Gasteiger partial charge is 0.315 e. The van der Waals surface area contributed by atoms with Crippen LogP contribution in [-0.2, 0) is 10.2 Å². The van der Waals surface area contributed by atoms with Gasteiger partial charge < -0.3 is 5.11 Å². The van der Waals surface area contributed by atoms with Crippen LogP contribution in [0.4, 0.5) is 0 Å². The van der Waals surface area contributed by atoms with Gasteiger partial charge in [-0.2, -0.15) is 0 Å². The number of hydrogen-bond acceptors (Lipinski definition) is 4. The third-order valence-corrected chi connectivity index (χ3v) is 2.58. The number of hydrogen-bond donors (Lipinski definition) is 1. The number of aromatic nitrogens is 3. The molecule has 16 heavy (non-hydrogen) atoms. The highest BCUT2D eigenvalue weighted by molar-refractivity contribution is 5.88. The molecule has 0 aliphatic rings. The minimum atomic E-state index is -1.07. The first-order chi connectivity index (χ1) is 7.53. The minimum absolute atomic E-state index is 0.436. The van der Waals surface area contributed by atoms with Crippen molar-refractivity contribution in [2.45, 2.75) is 19.3 Å². The summed E-state index contributed by atoms with van der Waals surface area (Å²) in [6.45, 7) is 3.21. The highest BCUT2D eigenvalue weighted by Crippen LogP contribution is 2.26. The molecule has 1 heterocycles. The summed E-state index contributed by atoms with van der Waals surface area (Å²) in [6.07, 6.45) is 0. The Balaban J connectivity index is 2.74. The van der Waals surface area contributed by atoms with Gasteiger partial charge >= 0.3 is 5.97 Å². The highest BCUT2D eigenvalue weighted by atomic mass is 16.4. The van der Waals surface area contributed by atoms with E-state index < -0.39 is 11.4 Å². The van der Waals surface area contributed by atoms with Crippen LogP contribution in [-0.4, -0.2) is 26.5 Å². The molecule has 0 spiro atoms. The number of fused-ring (bicyclic) bond motifs is 1. The van der Waals surface area contributed by atoms with Crippen LogP contribution in [0.5, 0.6) is 0 Å². The normalized spacial score (nSPS) is 11.6. The van der Waals surface area contributed by atoms with Crippen molar-refractivity contribution < 1.29 is 9.90 Å². The van der Waals surface area contributed by atoms with Gasteiger partial charge in [-0.05, 0) is 25.1 Å². The van der Waals surface area contributed by atoms with E-state index in [1.165, 1.54) is 0 Å². The van der Waals surface area contributed by atoms with E-state index in [2.05, 4.69) is 15.4 Å². The van der Waals surface area contributed by atoms with Crippen molar-refractivity contribution in [3.8, 4) is 0 Å². The maximum Gasteiger partial charge on any atom is 0.315 e. The molecule has 0 unspecified atom stereocenters. The molecule has 0 aliphatic heterocycles. The van der Waals surface area contributed by atoms with Crippen LogP contribution in [0.15, 0.2) is 24.3 Å². The topological polar surface area (TPSA) is 76.0 Å². The molecular weight excluding hydrogens is 206 g/mol. The Labute approximate surface area is 92.1 Å². The van der Waals surface area contributed by atoms with Crippen LogP contribution in [0.25, 0.3) is 10.9 Å². The molecule has 0 atom stereocenters. The number of carbonyl (C=O) groups is 1. The van der Waals surface area contributed by atoms with E-state index in [0.29, 0.717) is 11.2 Å².